The van der Waals surface area contributed by atoms with Gasteiger partial charge in [-0.25, -0.2) is 4.68 Å². The Bertz CT molecular complexity index is 867. The summed E-state index contributed by atoms with van der Waals surface area (Å²) in [5, 5.41) is 18.0. The molecule has 9 nitrogen and oxygen atoms in total. The van der Waals surface area contributed by atoms with Crippen LogP contribution in [0.1, 0.15) is 37.7 Å². The Morgan fingerprint density at radius 3 is 2.90 bits per heavy atom. The number of carbonyl (C=O) groups excluding carboxylic acids is 2. The second-order valence-corrected chi connectivity index (χ2v) is 7.87. The number of piperidine rings is 1. The van der Waals surface area contributed by atoms with Gasteiger partial charge >= 0.3 is 0 Å². The molecule has 2 amide bonds. The Morgan fingerprint density at radius 2 is 2.14 bits per heavy atom. The number of hydrogen-bond acceptors (Lipinski definition) is 6. The summed E-state index contributed by atoms with van der Waals surface area (Å²) in [7, 11) is 0. The second-order valence-electron chi connectivity index (χ2n) is 7.44. The number of rotatable bonds is 5. The van der Waals surface area contributed by atoms with E-state index in [1.54, 1.807) is 23.1 Å². The highest BCUT2D eigenvalue weighted by molar-refractivity contribution is 6.30. The summed E-state index contributed by atoms with van der Waals surface area (Å²) >= 11 is 6.14. The van der Waals surface area contributed by atoms with Crippen LogP contribution in [0.25, 0.3) is 5.69 Å². The summed E-state index contributed by atoms with van der Waals surface area (Å²) in [6.45, 7) is 1.76. The van der Waals surface area contributed by atoms with Gasteiger partial charge in [-0.15, -0.1) is 5.10 Å². The number of carbonyl (C=O) groups is 2. The molecule has 0 radical (unpaired) electrons. The van der Waals surface area contributed by atoms with Gasteiger partial charge in [0.2, 0.25) is 11.8 Å². The van der Waals surface area contributed by atoms with Crippen molar-refractivity contribution >= 4 is 23.4 Å². The first-order chi connectivity index (χ1) is 14.1. The Kier molecular flexibility index (Phi) is 6.05. The van der Waals surface area contributed by atoms with E-state index < -0.39 is 6.04 Å². The minimum absolute atomic E-state index is 0.0412. The highest BCUT2D eigenvalue weighted by Gasteiger charge is 2.37. The summed E-state index contributed by atoms with van der Waals surface area (Å²) < 4.78 is 1.53. The van der Waals surface area contributed by atoms with E-state index in [-0.39, 0.29) is 24.4 Å². The molecule has 29 heavy (non-hydrogen) atoms. The van der Waals surface area contributed by atoms with Crippen molar-refractivity contribution < 1.29 is 9.59 Å². The van der Waals surface area contributed by atoms with Crippen LogP contribution in [0, 0.1) is 0 Å². The Morgan fingerprint density at radius 1 is 1.24 bits per heavy atom. The molecule has 2 fully saturated rings. The van der Waals surface area contributed by atoms with Crippen LogP contribution in [-0.4, -0.2) is 62.1 Å². The van der Waals surface area contributed by atoms with E-state index in [2.05, 4.69) is 26.2 Å². The highest BCUT2D eigenvalue weighted by atomic mass is 35.5. The predicted molar refractivity (Wildman–Crippen MR) is 106 cm³/mol. The molecule has 10 heteroatoms. The van der Waals surface area contributed by atoms with Crippen LogP contribution >= 0.6 is 11.6 Å². The zero-order valence-electron chi connectivity index (χ0n) is 16.1. The van der Waals surface area contributed by atoms with Crippen LogP contribution in [-0.2, 0) is 16.1 Å². The van der Waals surface area contributed by atoms with Gasteiger partial charge in [-0.3, -0.25) is 9.59 Å². The number of tetrazole rings is 1. The number of hydrogen-bond donors (Lipinski definition) is 2. The first kappa shape index (κ1) is 19.8. The summed E-state index contributed by atoms with van der Waals surface area (Å²) in [6.07, 6.45) is 5.98. The van der Waals surface area contributed by atoms with Gasteiger partial charge in [0.05, 0.1) is 11.7 Å². The van der Waals surface area contributed by atoms with Gasteiger partial charge in [0.25, 0.3) is 0 Å². The molecule has 2 saturated heterocycles. The summed E-state index contributed by atoms with van der Waals surface area (Å²) in [5.74, 6) is -0.103. The Hall–Kier alpha value is -2.52. The average molecular weight is 418 g/mol. The van der Waals surface area contributed by atoms with Gasteiger partial charge in [-0.2, -0.15) is 0 Å². The molecule has 2 atom stereocenters. The van der Waals surface area contributed by atoms with Crippen molar-refractivity contribution in [3.8, 4) is 5.69 Å². The third-order valence-electron chi connectivity index (χ3n) is 5.54. The van der Waals surface area contributed by atoms with Crippen molar-refractivity contribution in [2.45, 2.75) is 50.7 Å². The molecule has 1 aromatic carbocycles. The second kappa shape index (κ2) is 8.87. The molecule has 3 heterocycles. The van der Waals surface area contributed by atoms with Crippen molar-refractivity contribution in [2.24, 2.45) is 0 Å². The van der Waals surface area contributed by atoms with E-state index in [1.165, 1.54) is 11.0 Å². The molecule has 0 bridgehead atoms. The number of amides is 2. The van der Waals surface area contributed by atoms with E-state index in [0.29, 0.717) is 18.0 Å². The molecule has 2 N–H and O–H groups in total. The topological polar surface area (TPSA) is 105 Å². The normalized spacial score (nSPS) is 21.9. The number of halogens is 1. The Balaban J connectivity index is 1.43. The van der Waals surface area contributed by atoms with E-state index in [9.17, 15) is 9.59 Å². The summed E-state index contributed by atoms with van der Waals surface area (Å²) in [4.78, 5) is 27.5. The van der Waals surface area contributed by atoms with Crippen molar-refractivity contribution in [1.82, 2.24) is 35.7 Å². The van der Waals surface area contributed by atoms with Crippen molar-refractivity contribution in [3.05, 3.63) is 35.1 Å². The molecule has 2 aromatic rings. The van der Waals surface area contributed by atoms with Crippen LogP contribution in [0.4, 0.5) is 0 Å². The molecule has 2 aliphatic heterocycles. The number of benzene rings is 1. The highest BCUT2D eigenvalue weighted by Crippen LogP contribution is 2.22. The van der Waals surface area contributed by atoms with Gasteiger partial charge in [0.15, 0.2) is 0 Å². The molecule has 0 saturated carbocycles. The molecule has 1 aromatic heterocycles. The quantitative estimate of drug-likeness (QED) is 0.753. The maximum atomic E-state index is 12.9. The zero-order chi connectivity index (χ0) is 20.2. The maximum Gasteiger partial charge on any atom is 0.243 e. The van der Waals surface area contributed by atoms with Crippen LogP contribution < -0.4 is 10.6 Å². The van der Waals surface area contributed by atoms with Crippen LogP contribution in [0.3, 0.4) is 0 Å². The van der Waals surface area contributed by atoms with Crippen LogP contribution in [0.5, 0.6) is 0 Å². The SMILES string of the molecule is O=C(NCc1cc(Cl)ccc1-n1cnnn1)C1CCCN1C(=O)[C@H]1CCCCN1. The lowest BCUT2D eigenvalue weighted by Gasteiger charge is -2.30. The summed E-state index contributed by atoms with van der Waals surface area (Å²) in [5.41, 5.74) is 1.54. The third-order valence-corrected chi connectivity index (χ3v) is 5.77. The van der Waals surface area contributed by atoms with Crippen molar-refractivity contribution in [2.75, 3.05) is 13.1 Å². The minimum Gasteiger partial charge on any atom is -0.350 e. The van der Waals surface area contributed by atoms with Gasteiger partial charge < -0.3 is 15.5 Å². The fourth-order valence-electron chi connectivity index (χ4n) is 4.06. The summed E-state index contributed by atoms with van der Waals surface area (Å²) in [6, 6.07) is 4.74. The molecule has 0 aliphatic carbocycles. The lowest BCUT2D eigenvalue weighted by atomic mass is 10.0. The molecule has 4 rings (SSSR count). The number of likely N-dealkylation sites (tertiary alicyclic amines) is 1. The molecule has 0 spiro atoms. The average Bonchev–Trinajstić information content (AvgIpc) is 3.44. The molecule has 1 unspecified atom stereocenters. The van der Waals surface area contributed by atoms with Crippen molar-refractivity contribution in [1.29, 1.82) is 0 Å². The fraction of sp³-hybridized carbons (Fsp3) is 0.526. The molecule has 154 valence electrons. The number of nitrogens with one attached hydrogen (secondary N) is 2. The lowest BCUT2D eigenvalue weighted by Crippen LogP contribution is -2.53. The molecular formula is C19H24ClN7O2. The Labute approximate surface area is 173 Å². The van der Waals surface area contributed by atoms with Crippen LogP contribution in [0.15, 0.2) is 24.5 Å². The van der Waals surface area contributed by atoms with Gasteiger partial charge in [0, 0.05) is 18.1 Å². The standard InChI is InChI=1S/C19H24ClN7O2/c20-14-6-7-16(27-12-23-24-25-27)13(10-14)11-22-18(28)17-5-3-9-26(17)19(29)15-4-1-2-8-21-15/h6-7,10,12,15,17,21H,1-5,8-9,11H2,(H,22,28)/t15-,17?/m1/s1. The monoisotopic (exact) mass is 417 g/mol. The van der Waals surface area contributed by atoms with Crippen LogP contribution in [0.2, 0.25) is 5.02 Å². The van der Waals surface area contributed by atoms with E-state index in [0.717, 1.165) is 43.5 Å². The van der Waals surface area contributed by atoms with Crippen molar-refractivity contribution in [3.63, 3.8) is 0 Å². The lowest BCUT2D eigenvalue weighted by molar-refractivity contribution is -0.140. The maximum absolute atomic E-state index is 12.9. The van der Waals surface area contributed by atoms with Gasteiger partial charge in [0.1, 0.15) is 12.4 Å². The molecular weight excluding hydrogens is 394 g/mol. The minimum atomic E-state index is -0.429. The zero-order valence-corrected chi connectivity index (χ0v) is 16.8. The first-order valence-electron chi connectivity index (χ1n) is 9.97. The predicted octanol–water partition coefficient (Wildman–Crippen LogP) is 1.06. The first-order valence-corrected chi connectivity index (χ1v) is 10.3. The number of aromatic nitrogens is 4. The van der Waals surface area contributed by atoms with Gasteiger partial charge in [-0.05, 0) is 66.4 Å². The van der Waals surface area contributed by atoms with E-state index in [1.807, 2.05) is 0 Å². The third kappa shape index (κ3) is 4.40. The number of nitrogens with zero attached hydrogens (tertiary/aromatic N) is 5. The fourth-order valence-corrected chi connectivity index (χ4v) is 4.25. The smallest absolute Gasteiger partial charge is 0.243 e. The largest absolute Gasteiger partial charge is 0.350 e. The molecule has 2 aliphatic rings. The van der Waals surface area contributed by atoms with Gasteiger partial charge in [-0.1, -0.05) is 18.0 Å². The van der Waals surface area contributed by atoms with E-state index >= 15 is 0 Å². The van der Waals surface area contributed by atoms with E-state index in [4.69, 9.17) is 11.6 Å².